The summed E-state index contributed by atoms with van der Waals surface area (Å²) in [6.45, 7) is 0.234. The smallest absolute Gasteiger partial charge is 0.338 e. The van der Waals surface area contributed by atoms with Crippen molar-refractivity contribution in [1.82, 2.24) is 5.06 Å². The van der Waals surface area contributed by atoms with E-state index in [2.05, 4.69) is 0 Å². The zero-order chi connectivity index (χ0) is 11.7. The average molecular weight is 224 g/mol. The summed E-state index contributed by atoms with van der Waals surface area (Å²) in [5.41, 5.74) is 5.94. The van der Waals surface area contributed by atoms with E-state index in [0.29, 0.717) is 5.06 Å². The molecule has 4 nitrogen and oxygen atoms in total. The van der Waals surface area contributed by atoms with Gasteiger partial charge in [-0.25, -0.2) is 14.2 Å². The largest absolute Gasteiger partial charge is 0.350 e. The monoisotopic (exact) mass is 224 g/mol. The van der Waals surface area contributed by atoms with Gasteiger partial charge in [0.25, 0.3) is 0 Å². The van der Waals surface area contributed by atoms with Crippen LogP contribution in [0.5, 0.6) is 0 Å². The standard InChI is InChI=1S/C11H13FN2O2/c12-9-3-1-7(2-4-9)10-5-8(10)6-14(16)11(13)15/h1-4,8,10,16H,5-6H2,(H2,13,15). The Kier molecular flexibility index (Phi) is 2.78. The van der Waals surface area contributed by atoms with Gasteiger partial charge in [-0.05, 0) is 36.0 Å². The Bertz CT molecular complexity index is 393. The molecule has 2 unspecified atom stereocenters. The van der Waals surface area contributed by atoms with Gasteiger partial charge in [0.1, 0.15) is 5.82 Å². The van der Waals surface area contributed by atoms with Crippen LogP contribution in [-0.4, -0.2) is 22.8 Å². The van der Waals surface area contributed by atoms with Gasteiger partial charge in [0.15, 0.2) is 0 Å². The number of rotatable bonds is 3. The molecular weight excluding hydrogens is 211 g/mol. The number of urea groups is 1. The van der Waals surface area contributed by atoms with E-state index in [1.54, 1.807) is 12.1 Å². The van der Waals surface area contributed by atoms with Crippen molar-refractivity contribution in [2.75, 3.05) is 6.54 Å². The van der Waals surface area contributed by atoms with Crippen LogP contribution in [0.1, 0.15) is 17.9 Å². The summed E-state index contributed by atoms with van der Waals surface area (Å²) in [6.07, 6.45) is 0.885. The number of carbonyl (C=O) groups excluding carboxylic acids is 1. The van der Waals surface area contributed by atoms with Crippen molar-refractivity contribution in [2.45, 2.75) is 12.3 Å². The fraction of sp³-hybridized carbons (Fsp3) is 0.364. The molecule has 0 spiro atoms. The SMILES string of the molecule is NC(=O)N(O)CC1CC1c1ccc(F)cc1. The maximum absolute atomic E-state index is 12.7. The van der Waals surface area contributed by atoms with Crippen molar-refractivity contribution in [3.05, 3.63) is 35.6 Å². The first-order valence-electron chi connectivity index (χ1n) is 5.09. The summed E-state index contributed by atoms with van der Waals surface area (Å²) in [5.74, 6) is 0.236. The van der Waals surface area contributed by atoms with Gasteiger partial charge in [-0.3, -0.25) is 5.21 Å². The number of benzene rings is 1. The Balaban J connectivity index is 1.91. The number of hydrogen-bond donors (Lipinski definition) is 2. The highest BCUT2D eigenvalue weighted by atomic mass is 19.1. The molecule has 0 aromatic heterocycles. The first-order valence-corrected chi connectivity index (χ1v) is 5.09. The van der Waals surface area contributed by atoms with E-state index in [1.165, 1.54) is 12.1 Å². The fourth-order valence-electron chi connectivity index (χ4n) is 1.88. The normalized spacial score (nSPS) is 22.9. The molecule has 5 heteroatoms. The molecule has 2 atom stereocenters. The van der Waals surface area contributed by atoms with E-state index < -0.39 is 6.03 Å². The Morgan fingerprint density at radius 1 is 1.50 bits per heavy atom. The van der Waals surface area contributed by atoms with E-state index >= 15 is 0 Å². The third kappa shape index (κ3) is 2.30. The molecule has 2 rings (SSSR count). The van der Waals surface area contributed by atoms with Gasteiger partial charge < -0.3 is 5.73 Å². The zero-order valence-electron chi connectivity index (χ0n) is 8.64. The van der Waals surface area contributed by atoms with E-state index in [0.717, 1.165) is 12.0 Å². The lowest BCUT2D eigenvalue weighted by Gasteiger charge is -2.11. The van der Waals surface area contributed by atoms with Crippen LogP contribution in [0.4, 0.5) is 9.18 Å². The highest BCUT2D eigenvalue weighted by Gasteiger charge is 2.39. The van der Waals surface area contributed by atoms with Gasteiger partial charge in [-0.1, -0.05) is 12.1 Å². The molecule has 1 fully saturated rings. The van der Waals surface area contributed by atoms with Gasteiger partial charge in [0, 0.05) is 0 Å². The first-order chi connectivity index (χ1) is 7.58. The molecule has 0 aliphatic heterocycles. The second-order valence-corrected chi connectivity index (χ2v) is 4.07. The van der Waals surface area contributed by atoms with Crippen LogP contribution < -0.4 is 5.73 Å². The average Bonchev–Trinajstić information content (AvgIpc) is 2.98. The van der Waals surface area contributed by atoms with Crippen LogP contribution in [0.3, 0.4) is 0 Å². The number of hydroxylamine groups is 2. The maximum atomic E-state index is 12.7. The molecule has 0 heterocycles. The quantitative estimate of drug-likeness (QED) is 0.606. The van der Waals surface area contributed by atoms with Crippen molar-refractivity contribution in [1.29, 1.82) is 0 Å². The van der Waals surface area contributed by atoms with Gasteiger partial charge in [-0.2, -0.15) is 0 Å². The Hall–Kier alpha value is -1.62. The van der Waals surface area contributed by atoms with Gasteiger partial charge in [0.05, 0.1) is 6.54 Å². The molecule has 86 valence electrons. The molecule has 1 aromatic rings. The number of nitrogens with two attached hydrogens (primary N) is 1. The predicted octanol–water partition coefficient (Wildman–Crippen LogP) is 1.70. The van der Waals surface area contributed by atoms with Crippen molar-refractivity contribution in [3.8, 4) is 0 Å². The van der Waals surface area contributed by atoms with Crippen molar-refractivity contribution < 1.29 is 14.4 Å². The Morgan fingerprint density at radius 2 is 2.12 bits per heavy atom. The summed E-state index contributed by atoms with van der Waals surface area (Å²) in [5, 5.41) is 9.67. The molecule has 0 radical (unpaired) electrons. The van der Waals surface area contributed by atoms with Crippen LogP contribution in [0.15, 0.2) is 24.3 Å². The third-order valence-corrected chi connectivity index (χ3v) is 2.88. The molecule has 2 amide bonds. The summed E-state index contributed by atoms with van der Waals surface area (Å²) >= 11 is 0. The van der Waals surface area contributed by atoms with E-state index in [1.807, 2.05) is 0 Å². The fourth-order valence-corrected chi connectivity index (χ4v) is 1.88. The van der Waals surface area contributed by atoms with Gasteiger partial charge in [0.2, 0.25) is 0 Å². The Labute approximate surface area is 92.4 Å². The van der Waals surface area contributed by atoms with E-state index in [-0.39, 0.29) is 24.2 Å². The van der Waals surface area contributed by atoms with Crippen molar-refractivity contribution >= 4 is 6.03 Å². The molecule has 3 N–H and O–H groups in total. The minimum atomic E-state index is -0.843. The highest BCUT2D eigenvalue weighted by molar-refractivity contribution is 5.70. The third-order valence-electron chi connectivity index (χ3n) is 2.88. The second-order valence-electron chi connectivity index (χ2n) is 4.07. The lowest BCUT2D eigenvalue weighted by atomic mass is 10.1. The number of hydrogen-bond acceptors (Lipinski definition) is 2. The molecule has 1 aliphatic carbocycles. The van der Waals surface area contributed by atoms with Crippen LogP contribution in [0, 0.1) is 11.7 Å². The van der Waals surface area contributed by atoms with Crippen LogP contribution >= 0.6 is 0 Å². The van der Waals surface area contributed by atoms with Crippen molar-refractivity contribution in [3.63, 3.8) is 0 Å². The predicted molar refractivity (Wildman–Crippen MR) is 55.3 cm³/mol. The minimum Gasteiger partial charge on any atom is -0.350 e. The molecular formula is C11H13FN2O2. The van der Waals surface area contributed by atoms with Crippen molar-refractivity contribution in [2.24, 2.45) is 11.7 Å². The number of nitrogens with zero attached hydrogens (tertiary/aromatic N) is 1. The zero-order valence-corrected chi connectivity index (χ0v) is 8.64. The summed E-state index contributed by atoms with van der Waals surface area (Å²) in [6, 6.07) is 5.44. The van der Waals surface area contributed by atoms with Gasteiger partial charge >= 0.3 is 6.03 Å². The summed E-state index contributed by atoms with van der Waals surface area (Å²) in [7, 11) is 0. The minimum absolute atomic E-state index is 0.211. The summed E-state index contributed by atoms with van der Waals surface area (Å²) in [4.78, 5) is 10.6. The number of amides is 2. The molecule has 1 saturated carbocycles. The topological polar surface area (TPSA) is 66.6 Å². The number of primary amides is 1. The lowest BCUT2D eigenvalue weighted by molar-refractivity contribution is -0.0431. The van der Waals surface area contributed by atoms with Crippen LogP contribution in [0.25, 0.3) is 0 Å². The van der Waals surface area contributed by atoms with E-state index in [4.69, 9.17) is 10.9 Å². The molecule has 1 aromatic carbocycles. The molecule has 1 aliphatic rings. The van der Waals surface area contributed by atoms with Crippen LogP contribution in [-0.2, 0) is 0 Å². The van der Waals surface area contributed by atoms with Gasteiger partial charge in [-0.15, -0.1) is 0 Å². The first kappa shape index (κ1) is 10.9. The number of halogens is 1. The highest BCUT2D eigenvalue weighted by Crippen LogP contribution is 2.47. The van der Waals surface area contributed by atoms with E-state index in [9.17, 15) is 9.18 Å². The molecule has 0 bridgehead atoms. The summed E-state index contributed by atoms with van der Waals surface area (Å²) < 4.78 is 12.7. The van der Waals surface area contributed by atoms with Crippen LogP contribution in [0.2, 0.25) is 0 Å². The molecule has 16 heavy (non-hydrogen) atoms. The molecule has 0 saturated heterocycles. The second kappa shape index (κ2) is 4.09. The Morgan fingerprint density at radius 3 is 2.69 bits per heavy atom. The number of carbonyl (C=O) groups is 1. The lowest BCUT2D eigenvalue weighted by Crippen LogP contribution is -2.34. The maximum Gasteiger partial charge on any atom is 0.338 e.